The molecule has 8 atom stereocenters. The number of ether oxygens (including phenoxy) is 2. The molecule has 2 heterocycles. The van der Waals surface area contributed by atoms with Gasteiger partial charge in [-0.3, -0.25) is 0 Å². The van der Waals surface area contributed by atoms with E-state index in [1.165, 1.54) is 83.8 Å². The molecule has 2 saturated heterocycles. The molecule has 0 aromatic rings. The van der Waals surface area contributed by atoms with Crippen LogP contribution in [0.25, 0.3) is 0 Å². The second kappa shape index (κ2) is 7.29. The summed E-state index contributed by atoms with van der Waals surface area (Å²) in [6.45, 7) is 9.06. The molecule has 0 aromatic heterocycles. The highest BCUT2D eigenvalue weighted by Crippen LogP contribution is 2.68. The summed E-state index contributed by atoms with van der Waals surface area (Å²) < 4.78 is 13.2. The van der Waals surface area contributed by atoms with Gasteiger partial charge in [-0.05, 0) is 74.5 Å². The molecule has 2 N–H and O–H groups in total. The molecule has 4 nitrogen and oxygen atoms in total. The predicted octanol–water partition coefficient (Wildman–Crippen LogP) is 2.25. The van der Waals surface area contributed by atoms with E-state index < -0.39 is 0 Å². The van der Waals surface area contributed by atoms with Gasteiger partial charge in [0.25, 0.3) is 0 Å². The van der Waals surface area contributed by atoms with Gasteiger partial charge in [-0.1, -0.05) is 25.5 Å². The lowest BCUT2D eigenvalue weighted by Crippen LogP contribution is -3.20. The third-order valence-corrected chi connectivity index (χ3v) is 12.3. The Hall–Kier alpha value is -0.420. The van der Waals surface area contributed by atoms with Crippen LogP contribution < -0.4 is 9.80 Å². The highest BCUT2D eigenvalue weighted by atomic mass is 16.6. The van der Waals surface area contributed by atoms with Gasteiger partial charge in [0.2, 0.25) is 5.72 Å². The highest BCUT2D eigenvalue weighted by Gasteiger charge is 2.71. The molecule has 5 fully saturated rings. The average Bonchev–Trinajstić information content (AvgIpc) is 3.22. The molecule has 4 aliphatic carbocycles. The first-order valence-electron chi connectivity index (χ1n) is 13.8. The Kier molecular flexibility index (Phi) is 5.03. The van der Waals surface area contributed by atoms with Crippen LogP contribution in [0.4, 0.5) is 0 Å². The van der Waals surface area contributed by atoms with Crippen molar-refractivity contribution in [1.82, 2.24) is 0 Å². The fraction of sp³-hybridized carbons (Fsp3) is 0.929. The standard InChI is InChI=1S/C28H46N2O2/c1-25-11-8-21(31-5)18-20(25)6-7-22-23(25)9-12-26(2)24(22)10-13-27(26)19-30(4)28(32-27)14-16-29(3)17-15-28/h6,21-24H,7-19H2,1-5H3/p+2/t21-,22-,23-,24+,25-,26-,27-/m0/s1. The normalized spacial score (nSPS) is 57.2. The molecule has 32 heavy (non-hydrogen) atoms. The van der Waals surface area contributed by atoms with Gasteiger partial charge in [0.1, 0.15) is 12.1 Å². The molecule has 0 bridgehead atoms. The third kappa shape index (κ3) is 2.82. The van der Waals surface area contributed by atoms with E-state index in [4.69, 9.17) is 9.47 Å². The van der Waals surface area contributed by atoms with Crippen LogP contribution >= 0.6 is 0 Å². The number of hydrogen-bond acceptors (Lipinski definition) is 2. The minimum absolute atomic E-state index is 0.0956. The van der Waals surface area contributed by atoms with Crippen molar-refractivity contribution >= 4 is 0 Å². The van der Waals surface area contributed by atoms with E-state index in [1.54, 1.807) is 15.4 Å². The molecule has 1 unspecified atom stereocenters. The van der Waals surface area contributed by atoms with Crippen molar-refractivity contribution in [2.24, 2.45) is 28.6 Å². The number of rotatable bonds is 1. The molecule has 0 aromatic carbocycles. The monoisotopic (exact) mass is 444 g/mol. The van der Waals surface area contributed by atoms with Gasteiger partial charge in [0.05, 0.1) is 46.1 Å². The predicted molar refractivity (Wildman–Crippen MR) is 127 cm³/mol. The van der Waals surface area contributed by atoms with Crippen LogP contribution in [0.3, 0.4) is 0 Å². The number of fused-ring (bicyclic) bond motifs is 6. The van der Waals surface area contributed by atoms with Crippen molar-refractivity contribution in [2.45, 2.75) is 95.5 Å². The van der Waals surface area contributed by atoms with Crippen LogP contribution in [0.5, 0.6) is 0 Å². The van der Waals surface area contributed by atoms with Crippen molar-refractivity contribution in [2.75, 3.05) is 40.8 Å². The summed E-state index contributed by atoms with van der Waals surface area (Å²) in [7, 11) is 6.71. The number of hydrogen-bond donors (Lipinski definition) is 2. The van der Waals surface area contributed by atoms with Crippen molar-refractivity contribution in [3.8, 4) is 0 Å². The molecule has 0 radical (unpaired) electrons. The fourth-order valence-electron chi connectivity index (χ4n) is 10.1. The number of methoxy groups -OCH3 is 1. The maximum absolute atomic E-state index is 7.43. The molecule has 180 valence electrons. The number of piperidine rings is 1. The molecule has 2 spiro atoms. The largest absolute Gasteiger partial charge is 0.381 e. The topological polar surface area (TPSA) is 27.3 Å². The lowest BCUT2D eigenvalue weighted by atomic mass is 9.47. The van der Waals surface area contributed by atoms with E-state index in [2.05, 4.69) is 34.0 Å². The summed E-state index contributed by atoms with van der Waals surface area (Å²) in [6, 6.07) is 0. The van der Waals surface area contributed by atoms with Gasteiger partial charge in [0.15, 0.2) is 0 Å². The van der Waals surface area contributed by atoms with Gasteiger partial charge >= 0.3 is 0 Å². The van der Waals surface area contributed by atoms with Gasteiger partial charge in [0, 0.05) is 12.5 Å². The molecular weight excluding hydrogens is 396 g/mol. The van der Waals surface area contributed by atoms with Gasteiger partial charge in [-0.15, -0.1) is 0 Å². The fourth-order valence-corrected chi connectivity index (χ4v) is 10.1. The van der Waals surface area contributed by atoms with Crippen LogP contribution in [-0.2, 0) is 9.47 Å². The SMILES string of the molecule is CO[C@H]1CC[C@@]2(C)C(=CC[C@@H]3[C@H]4CC[C@]5(C[NH+](C)C6(CC[NH+](C)CC6)O5)[C@@]4(C)CC[C@@H]32)C1. The summed E-state index contributed by atoms with van der Waals surface area (Å²) >= 11 is 0. The first-order chi connectivity index (χ1) is 15.3. The summed E-state index contributed by atoms with van der Waals surface area (Å²) in [5.41, 5.74) is 2.74. The van der Waals surface area contributed by atoms with Crippen molar-refractivity contribution in [1.29, 1.82) is 0 Å². The lowest BCUT2D eigenvalue weighted by molar-refractivity contribution is -0.966. The van der Waals surface area contributed by atoms with Crippen molar-refractivity contribution in [3.63, 3.8) is 0 Å². The maximum Gasteiger partial charge on any atom is 0.213 e. The molecule has 2 aliphatic heterocycles. The van der Waals surface area contributed by atoms with Crippen LogP contribution in [0.2, 0.25) is 0 Å². The van der Waals surface area contributed by atoms with E-state index in [-0.39, 0.29) is 11.3 Å². The molecular formula is C28H48N2O2+2. The second-order valence-electron chi connectivity index (χ2n) is 13.4. The number of allylic oxidation sites excluding steroid dienone is 1. The van der Waals surface area contributed by atoms with Gasteiger partial charge in [-0.25, -0.2) is 0 Å². The summed E-state index contributed by atoms with van der Waals surface area (Å²) in [6.07, 6.45) is 16.2. The summed E-state index contributed by atoms with van der Waals surface area (Å²) in [5, 5.41) is 0. The minimum Gasteiger partial charge on any atom is -0.381 e. The number of nitrogens with one attached hydrogen (secondary N) is 2. The van der Waals surface area contributed by atoms with Crippen LogP contribution in [0.1, 0.15) is 78.1 Å². The Morgan fingerprint density at radius 3 is 2.47 bits per heavy atom. The molecule has 6 rings (SSSR count). The first kappa shape index (κ1) is 22.1. The lowest BCUT2D eigenvalue weighted by Gasteiger charge is -2.59. The number of quaternary nitrogens is 2. The second-order valence-corrected chi connectivity index (χ2v) is 13.4. The molecule has 4 heteroatoms. The molecule has 3 saturated carbocycles. The van der Waals surface area contributed by atoms with Gasteiger partial charge in [-0.2, -0.15) is 0 Å². The maximum atomic E-state index is 7.43. The van der Waals surface area contributed by atoms with E-state index in [1.807, 2.05) is 7.11 Å². The van der Waals surface area contributed by atoms with E-state index in [0.29, 0.717) is 16.9 Å². The van der Waals surface area contributed by atoms with Crippen LogP contribution in [0.15, 0.2) is 11.6 Å². The van der Waals surface area contributed by atoms with Gasteiger partial charge < -0.3 is 19.3 Å². The molecule has 0 amide bonds. The Labute approximate surface area is 196 Å². The van der Waals surface area contributed by atoms with E-state index in [9.17, 15) is 0 Å². The zero-order chi connectivity index (χ0) is 22.4. The Bertz CT molecular complexity index is 788. The van der Waals surface area contributed by atoms with Crippen LogP contribution in [-0.4, -0.2) is 58.3 Å². The summed E-state index contributed by atoms with van der Waals surface area (Å²) in [5.74, 6) is 2.58. The Balaban J connectivity index is 1.28. The first-order valence-corrected chi connectivity index (χ1v) is 13.8. The highest BCUT2D eigenvalue weighted by molar-refractivity contribution is 5.26. The van der Waals surface area contributed by atoms with Crippen molar-refractivity contribution < 1.29 is 19.3 Å². The number of likely N-dealkylation sites (N-methyl/N-ethyl adjacent to an activating group) is 1. The van der Waals surface area contributed by atoms with Crippen LogP contribution in [0, 0.1) is 28.6 Å². The Morgan fingerprint density at radius 2 is 1.72 bits per heavy atom. The zero-order valence-electron chi connectivity index (χ0n) is 21.4. The van der Waals surface area contributed by atoms with Crippen molar-refractivity contribution in [3.05, 3.63) is 11.6 Å². The third-order valence-electron chi connectivity index (χ3n) is 12.3. The molecule has 6 aliphatic rings. The minimum atomic E-state index is 0.0956. The summed E-state index contributed by atoms with van der Waals surface area (Å²) in [4.78, 5) is 3.37. The van der Waals surface area contributed by atoms with E-state index in [0.717, 1.165) is 17.8 Å². The zero-order valence-corrected chi connectivity index (χ0v) is 21.4. The Morgan fingerprint density at radius 1 is 0.969 bits per heavy atom. The average molecular weight is 445 g/mol. The smallest absolute Gasteiger partial charge is 0.213 e. The number of likely N-dealkylation sites (tertiary alicyclic amines) is 1. The van der Waals surface area contributed by atoms with E-state index >= 15 is 0 Å². The quantitative estimate of drug-likeness (QED) is 0.607.